The van der Waals surface area contributed by atoms with Crippen molar-refractivity contribution in [3.05, 3.63) is 36.8 Å². The molecule has 4 nitrogen and oxygen atoms in total. The lowest BCUT2D eigenvalue weighted by molar-refractivity contribution is -0.116. The molecule has 0 bridgehead atoms. The second-order valence-corrected chi connectivity index (χ2v) is 4.83. The summed E-state index contributed by atoms with van der Waals surface area (Å²) in [5.74, 6) is 1.12. The molecule has 0 amide bonds. The minimum Gasteiger partial charge on any atom is -0.497 e. The molecule has 21 heavy (non-hydrogen) atoms. The van der Waals surface area contributed by atoms with Crippen molar-refractivity contribution in [3.8, 4) is 5.75 Å². The SMILES string of the molecule is C.CCCCC1CC(=O)C=CN1C.COc1ccncc1. The number of aromatic nitrogens is 1. The van der Waals surface area contributed by atoms with Gasteiger partial charge < -0.3 is 9.64 Å². The van der Waals surface area contributed by atoms with Gasteiger partial charge in [0.05, 0.1) is 7.11 Å². The molecule has 0 saturated heterocycles. The average Bonchev–Trinajstić information content (AvgIpc) is 2.49. The van der Waals surface area contributed by atoms with Gasteiger partial charge >= 0.3 is 0 Å². The highest BCUT2D eigenvalue weighted by molar-refractivity contribution is 5.90. The first-order chi connectivity index (χ1) is 9.67. The molecular weight excluding hydrogens is 264 g/mol. The zero-order chi connectivity index (χ0) is 14.8. The Morgan fingerprint density at radius 1 is 1.38 bits per heavy atom. The largest absolute Gasteiger partial charge is 0.497 e. The van der Waals surface area contributed by atoms with Crippen LogP contribution in [0.4, 0.5) is 0 Å². The number of carbonyl (C=O) groups is 1. The molecule has 4 heteroatoms. The monoisotopic (exact) mass is 292 g/mol. The maximum Gasteiger partial charge on any atom is 0.159 e. The van der Waals surface area contributed by atoms with Crippen LogP contribution in [-0.2, 0) is 4.79 Å². The van der Waals surface area contributed by atoms with E-state index in [1.165, 1.54) is 12.8 Å². The zero-order valence-electron chi connectivity index (χ0n) is 12.6. The maximum absolute atomic E-state index is 11.1. The van der Waals surface area contributed by atoms with Gasteiger partial charge in [-0.3, -0.25) is 9.78 Å². The summed E-state index contributed by atoms with van der Waals surface area (Å²) in [5, 5.41) is 0. The number of pyridine rings is 1. The standard InChI is InChI=1S/C10H17NO.C6H7NO.CH4/c1-3-4-5-9-8-10(12)6-7-11(9)2;1-8-6-2-4-7-5-3-6;/h6-7,9H,3-5,8H2,1-2H3;2-5H,1H3;1H4. The highest BCUT2D eigenvalue weighted by Crippen LogP contribution is 2.15. The molecule has 0 fully saturated rings. The van der Waals surface area contributed by atoms with E-state index in [4.69, 9.17) is 4.74 Å². The third-order valence-electron chi connectivity index (χ3n) is 3.28. The van der Waals surface area contributed by atoms with Crippen molar-refractivity contribution in [3.63, 3.8) is 0 Å². The van der Waals surface area contributed by atoms with E-state index in [-0.39, 0.29) is 13.2 Å². The smallest absolute Gasteiger partial charge is 0.159 e. The summed E-state index contributed by atoms with van der Waals surface area (Å²) in [5.41, 5.74) is 0. The van der Waals surface area contributed by atoms with Crippen LogP contribution in [0, 0.1) is 0 Å². The third-order valence-corrected chi connectivity index (χ3v) is 3.28. The quantitative estimate of drug-likeness (QED) is 0.849. The molecule has 1 unspecified atom stereocenters. The zero-order valence-corrected chi connectivity index (χ0v) is 12.6. The van der Waals surface area contributed by atoms with Crippen molar-refractivity contribution in [2.24, 2.45) is 0 Å². The summed E-state index contributed by atoms with van der Waals surface area (Å²) in [4.78, 5) is 17.0. The van der Waals surface area contributed by atoms with Gasteiger partial charge in [0.25, 0.3) is 0 Å². The van der Waals surface area contributed by atoms with Crippen LogP contribution in [0.2, 0.25) is 0 Å². The van der Waals surface area contributed by atoms with Crippen LogP contribution in [-0.4, -0.2) is 35.9 Å². The topological polar surface area (TPSA) is 42.4 Å². The van der Waals surface area contributed by atoms with Crippen molar-refractivity contribution in [1.82, 2.24) is 9.88 Å². The lowest BCUT2D eigenvalue weighted by Gasteiger charge is -2.28. The minimum absolute atomic E-state index is 0. The summed E-state index contributed by atoms with van der Waals surface area (Å²) < 4.78 is 4.87. The molecule has 1 aromatic heterocycles. The Bertz CT molecular complexity index is 418. The van der Waals surface area contributed by atoms with Gasteiger partial charge in [0.1, 0.15) is 5.75 Å². The molecule has 0 N–H and O–H groups in total. The van der Waals surface area contributed by atoms with E-state index in [9.17, 15) is 4.79 Å². The molecule has 2 rings (SSSR count). The summed E-state index contributed by atoms with van der Waals surface area (Å²) in [6.07, 6.45) is 11.2. The van der Waals surface area contributed by atoms with Gasteiger partial charge in [-0.1, -0.05) is 27.2 Å². The summed E-state index contributed by atoms with van der Waals surface area (Å²) in [6, 6.07) is 4.06. The molecule has 0 saturated carbocycles. The number of hydrogen-bond acceptors (Lipinski definition) is 4. The maximum atomic E-state index is 11.1. The Balaban J connectivity index is 0.000000390. The Kier molecular flexibility index (Phi) is 9.94. The van der Waals surface area contributed by atoms with Crippen molar-refractivity contribution >= 4 is 5.78 Å². The number of nitrogens with zero attached hydrogens (tertiary/aromatic N) is 2. The van der Waals surface area contributed by atoms with Crippen LogP contribution in [0.5, 0.6) is 5.75 Å². The summed E-state index contributed by atoms with van der Waals surface area (Å²) >= 11 is 0. The molecule has 0 radical (unpaired) electrons. The van der Waals surface area contributed by atoms with Crippen LogP contribution < -0.4 is 4.74 Å². The Hall–Kier alpha value is -1.84. The van der Waals surface area contributed by atoms with E-state index in [1.807, 2.05) is 13.2 Å². The number of carbonyl (C=O) groups excluding carboxylic acids is 1. The van der Waals surface area contributed by atoms with Crippen molar-refractivity contribution < 1.29 is 9.53 Å². The van der Waals surface area contributed by atoms with Crippen LogP contribution in [0.1, 0.15) is 40.0 Å². The molecule has 1 aliphatic heterocycles. The van der Waals surface area contributed by atoms with E-state index in [0.717, 1.165) is 12.2 Å². The number of allylic oxidation sites excluding steroid dienone is 1. The lowest BCUT2D eigenvalue weighted by Crippen LogP contribution is -2.32. The van der Waals surface area contributed by atoms with Gasteiger partial charge in [-0.2, -0.15) is 0 Å². The summed E-state index contributed by atoms with van der Waals surface area (Å²) in [7, 11) is 3.68. The first-order valence-corrected chi connectivity index (χ1v) is 7.04. The second-order valence-electron chi connectivity index (χ2n) is 4.83. The van der Waals surface area contributed by atoms with Crippen LogP contribution >= 0.6 is 0 Å². The fraction of sp³-hybridized carbons (Fsp3) is 0.529. The number of rotatable bonds is 4. The molecule has 118 valence electrons. The Morgan fingerprint density at radius 2 is 2.05 bits per heavy atom. The lowest BCUT2D eigenvalue weighted by atomic mass is 10.0. The molecule has 0 aliphatic carbocycles. The fourth-order valence-electron chi connectivity index (χ4n) is 1.99. The molecule has 1 atom stereocenters. The summed E-state index contributed by atoms with van der Waals surface area (Å²) in [6.45, 7) is 2.18. The van der Waals surface area contributed by atoms with E-state index in [1.54, 1.807) is 37.7 Å². The minimum atomic E-state index is 0. The second kappa shape index (κ2) is 10.9. The van der Waals surface area contributed by atoms with Gasteiger partial charge in [0.2, 0.25) is 0 Å². The number of unbranched alkanes of at least 4 members (excludes halogenated alkanes) is 1. The predicted octanol–water partition coefficient (Wildman–Crippen LogP) is 3.69. The average molecular weight is 292 g/mol. The van der Waals surface area contributed by atoms with Crippen LogP contribution in [0.25, 0.3) is 0 Å². The normalized spacial score (nSPS) is 16.6. The number of ketones is 1. The molecule has 0 spiro atoms. The Labute approximate surface area is 128 Å². The molecular formula is C17H28N2O2. The van der Waals surface area contributed by atoms with Crippen LogP contribution in [0.3, 0.4) is 0 Å². The van der Waals surface area contributed by atoms with Gasteiger partial charge in [0, 0.05) is 38.1 Å². The molecule has 1 aliphatic rings. The third kappa shape index (κ3) is 7.49. The van der Waals surface area contributed by atoms with Crippen molar-refractivity contribution in [2.45, 2.75) is 46.1 Å². The van der Waals surface area contributed by atoms with Crippen molar-refractivity contribution in [1.29, 1.82) is 0 Å². The number of ether oxygens (including phenoxy) is 1. The van der Waals surface area contributed by atoms with E-state index in [2.05, 4.69) is 16.8 Å². The van der Waals surface area contributed by atoms with Gasteiger partial charge in [-0.15, -0.1) is 0 Å². The van der Waals surface area contributed by atoms with Crippen LogP contribution in [0.15, 0.2) is 36.8 Å². The fourth-order valence-corrected chi connectivity index (χ4v) is 1.99. The van der Waals surface area contributed by atoms with Gasteiger partial charge in [-0.25, -0.2) is 0 Å². The highest BCUT2D eigenvalue weighted by atomic mass is 16.5. The van der Waals surface area contributed by atoms with Gasteiger partial charge in [0.15, 0.2) is 5.78 Å². The number of methoxy groups -OCH3 is 1. The molecule has 2 heterocycles. The predicted molar refractivity (Wildman–Crippen MR) is 87.4 cm³/mol. The molecule has 0 aromatic carbocycles. The van der Waals surface area contributed by atoms with E-state index in [0.29, 0.717) is 12.5 Å². The molecule has 1 aromatic rings. The number of hydrogen-bond donors (Lipinski definition) is 0. The Morgan fingerprint density at radius 3 is 2.57 bits per heavy atom. The van der Waals surface area contributed by atoms with Crippen molar-refractivity contribution in [2.75, 3.05) is 14.2 Å². The first kappa shape index (κ1) is 19.2. The van der Waals surface area contributed by atoms with E-state index >= 15 is 0 Å². The first-order valence-electron chi connectivity index (χ1n) is 7.04. The van der Waals surface area contributed by atoms with Gasteiger partial charge in [-0.05, 0) is 24.6 Å². The highest BCUT2D eigenvalue weighted by Gasteiger charge is 2.18. The van der Waals surface area contributed by atoms with E-state index < -0.39 is 0 Å².